The van der Waals surface area contributed by atoms with E-state index in [4.69, 9.17) is 14.0 Å². The zero-order chi connectivity index (χ0) is 19.2. The average Bonchev–Trinajstić information content (AvgIpc) is 3.09. The predicted molar refractivity (Wildman–Crippen MR) is 99.6 cm³/mol. The van der Waals surface area contributed by atoms with Gasteiger partial charge in [-0.05, 0) is 46.6 Å². The van der Waals surface area contributed by atoms with Gasteiger partial charge in [0.2, 0.25) is 0 Å². The number of ether oxygens (including phenoxy) is 1. The first-order chi connectivity index (χ1) is 12.7. The molecular weight excluding hydrogens is 350 g/mol. The molecule has 1 aromatic heterocycles. The molecule has 0 amide bonds. The van der Waals surface area contributed by atoms with Crippen molar-refractivity contribution in [3.63, 3.8) is 0 Å². The molecule has 3 saturated heterocycles. The van der Waals surface area contributed by atoms with Crippen molar-refractivity contribution in [2.24, 2.45) is 0 Å². The quantitative estimate of drug-likeness (QED) is 0.749. The van der Waals surface area contributed by atoms with Crippen LogP contribution in [0.3, 0.4) is 0 Å². The second kappa shape index (κ2) is 6.95. The van der Waals surface area contributed by atoms with Crippen molar-refractivity contribution in [3.8, 4) is 0 Å². The third kappa shape index (κ3) is 3.70. The predicted octanol–water partition coefficient (Wildman–Crippen LogP) is 2.26. The van der Waals surface area contributed by atoms with Crippen molar-refractivity contribution in [3.05, 3.63) is 17.6 Å². The molecule has 9 heteroatoms. The van der Waals surface area contributed by atoms with Crippen LogP contribution < -0.4 is 0 Å². The third-order valence-electron chi connectivity index (χ3n) is 6.26. The van der Waals surface area contributed by atoms with E-state index in [1.807, 2.05) is 32.4 Å². The minimum absolute atomic E-state index is 0.294. The monoisotopic (exact) mass is 378 g/mol. The van der Waals surface area contributed by atoms with Gasteiger partial charge in [0.15, 0.2) is 0 Å². The van der Waals surface area contributed by atoms with Gasteiger partial charge in [-0.2, -0.15) is 0 Å². The van der Waals surface area contributed by atoms with Crippen LogP contribution in [0.4, 0.5) is 4.39 Å². The fraction of sp³-hybridized carbons (Fsp3) is 0.778. The van der Waals surface area contributed by atoms with Crippen molar-refractivity contribution in [1.29, 1.82) is 0 Å². The summed E-state index contributed by atoms with van der Waals surface area (Å²) in [6, 6.07) is 0.904. The number of likely N-dealkylation sites (tertiary alicyclic amines) is 1. The number of halogens is 1. The standard InChI is InChI=1S/C18H28BFN4O3/c1-17(2)18(3,4)27-19(26-17)16(20)9-13-10-24(22-21-13)15-11-23(12-15)14-5-7-25-8-6-14/h9-10,14-15H,5-8,11-12H2,1-4H3. The lowest BCUT2D eigenvalue weighted by atomic mass is 9.87. The SMILES string of the molecule is CC1(C)OB(C(F)=Cc2cn(C3CN(C4CCOCC4)C3)nn2)OC1(C)C. The maximum Gasteiger partial charge on any atom is 0.525 e. The molecular formula is C18H28BFN4O3. The average molecular weight is 378 g/mol. The van der Waals surface area contributed by atoms with Gasteiger partial charge in [0, 0.05) is 32.3 Å². The Hall–Kier alpha value is -1.29. The summed E-state index contributed by atoms with van der Waals surface area (Å²) in [6.07, 6.45) is 5.33. The van der Waals surface area contributed by atoms with Crippen LogP contribution in [0.1, 0.15) is 52.3 Å². The van der Waals surface area contributed by atoms with Crippen molar-refractivity contribution < 1.29 is 18.4 Å². The highest BCUT2D eigenvalue weighted by Gasteiger charge is 2.53. The van der Waals surface area contributed by atoms with E-state index in [-0.39, 0.29) is 0 Å². The Morgan fingerprint density at radius 1 is 1.15 bits per heavy atom. The van der Waals surface area contributed by atoms with Gasteiger partial charge in [0.1, 0.15) is 11.4 Å². The highest BCUT2D eigenvalue weighted by atomic mass is 19.1. The molecule has 148 valence electrons. The molecule has 0 bridgehead atoms. The second-order valence-corrected chi connectivity index (χ2v) is 8.69. The number of nitrogens with zero attached hydrogens (tertiary/aromatic N) is 4. The summed E-state index contributed by atoms with van der Waals surface area (Å²) in [5, 5.41) is 8.26. The number of hydrogen-bond donors (Lipinski definition) is 0. The summed E-state index contributed by atoms with van der Waals surface area (Å²) in [4.78, 5) is 2.47. The van der Waals surface area contributed by atoms with Crippen molar-refractivity contribution >= 4 is 13.2 Å². The summed E-state index contributed by atoms with van der Waals surface area (Å²) < 4.78 is 33.3. The van der Waals surface area contributed by atoms with Gasteiger partial charge in [-0.15, -0.1) is 5.10 Å². The summed E-state index contributed by atoms with van der Waals surface area (Å²) in [5.41, 5.74) is -1.15. The Morgan fingerprint density at radius 2 is 1.78 bits per heavy atom. The summed E-state index contributed by atoms with van der Waals surface area (Å²) in [7, 11) is -1.01. The lowest BCUT2D eigenvalue weighted by Gasteiger charge is -2.45. The van der Waals surface area contributed by atoms with Crippen LogP contribution in [-0.2, 0) is 14.0 Å². The molecule has 0 unspecified atom stereocenters. The first kappa shape index (κ1) is 19.0. The summed E-state index contributed by atoms with van der Waals surface area (Å²) in [5.74, 6) is 0. The largest absolute Gasteiger partial charge is 0.525 e. The van der Waals surface area contributed by atoms with Crippen LogP contribution in [0.25, 0.3) is 6.08 Å². The highest BCUT2D eigenvalue weighted by molar-refractivity contribution is 6.54. The fourth-order valence-electron chi connectivity index (χ4n) is 3.70. The van der Waals surface area contributed by atoms with Crippen molar-refractivity contribution in [2.45, 2.75) is 63.8 Å². The second-order valence-electron chi connectivity index (χ2n) is 8.69. The molecule has 1 aromatic rings. The van der Waals surface area contributed by atoms with Gasteiger partial charge >= 0.3 is 7.12 Å². The van der Waals surface area contributed by atoms with Crippen LogP contribution in [0.2, 0.25) is 0 Å². The molecule has 0 atom stereocenters. The van der Waals surface area contributed by atoms with E-state index < -0.39 is 24.0 Å². The molecule has 0 spiro atoms. The molecule has 0 N–H and O–H groups in total. The first-order valence-corrected chi connectivity index (χ1v) is 9.71. The summed E-state index contributed by atoms with van der Waals surface area (Å²) >= 11 is 0. The number of rotatable bonds is 4. The van der Waals surface area contributed by atoms with E-state index in [0.717, 1.165) is 39.1 Å². The lowest BCUT2D eigenvalue weighted by Crippen LogP contribution is -2.54. The van der Waals surface area contributed by atoms with Crippen LogP contribution in [-0.4, -0.2) is 70.6 Å². The van der Waals surface area contributed by atoms with Crippen LogP contribution >= 0.6 is 0 Å². The van der Waals surface area contributed by atoms with Crippen LogP contribution in [0, 0.1) is 0 Å². The van der Waals surface area contributed by atoms with Gasteiger partial charge in [-0.1, -0.05) is 5.21 Å². The normalized spacial score (nSPS) is 27.1. The Labute approximate surface area is 160 Å². The molecule has 27 heavy (non-hydrogen) atoms. The van der Waals surface area contributed by atoms with Gasteiger partial charge in [-0.3, -0.25) is 4.90 Å². The van der Waals surface area contributed by atoms with E-state index in [1.165, 1.54) is 6.08 Å². The Balaban J connectivity index is 1.35. The molecule has 4 heterocycles. The molecule has 0 aromatic carbocycles. The maximum absolute atomic E-state index is 14.6. The van der Waals surface area contributed by atoms with Crippen molar-refractivity contribution in [1.82, 2.24) is 19.9 Å². The van der Waals surface area contributed by atoms with Crippen molar-refractivity contribution in [2.75, 3.05) is 26.3 Å². The maximum atomic E-state index is 14.6. The molecule has 0 aliphatic carbocycles. The van der Waals surface area contributed by atoms with Gasteiger partial charge < -0.3 is 14.0 Å². The Morgan fingerprint density at radius 3 is 2.41 bits per heavy atom. The molecule has 3 aliphatic heterocycles. The Kier molecular flexibility index (Phi) is 4.90. The van der Waals surface area contributed by atoms with E-state index in [0.29, 0.717) is 17.8 Å². The number of aromatic nitrogens is 3. The smallest absolute Gasteiger partial charge is 0.398 e. The molecule has 0 radical (unpaired) electrons. The topological polar surface area (TPSA) is 61.6 Å². The van der Waals surface area contributed by atoms with E-state index in [1.54, 1.807) is 6.20 Å². The van der Waals surface area contributed by atoms with E-state index >= 15 is 0 Å². The fourth-order valence-corrected chi connectivity index (χ4v) is 3.70. The van der Waals surface area contributed by atoms with Crippen LogP contribution in [0.15, 0.2) is 11.9 Å². The van der Waals surface area contributed by atoms with E-state index in [2.05, 4.69) is 15.2 Å². The van der Waals surface area contributed by atoms with Crippen LogP contribution in [0.5, 0.6) is 0 Å². The highest BCUT2D eigenvalue weighted by Crippen LogP contribution is 2.39. The first-order valence-electron chi connectivity index (χ1n) is 9.71. The minimum Gasteiger partial charge on any atom is -0.398 e. The van der Waals surface area contributed by atoms with Gasteiger partial charge in [0.25, 0.3) is 0 Å². The lowest BCUT2D eigenvalue weighted by molar-refractivity contribution is -0.0142. The van der Waals surface area contributed by atoms with Gasteiger partial charge in [0.05, 0.1) is 23.4 Å². The molecule has 3 aliphatic rings. The third-order valence-corrected chi connectivity index (χ3v) is 6.26. The Bertz CT molecular complexity index is 695. The van der Waals surface area contributed by atoms with E-state index in [9.17, 15) is 4.39 Å². The summed E-state index contributed by atoms with van der Waals surface area (Å²) in [6.45, 7) is 11.2. The molecule has 7 nitrogen and oxygen atoms in total. The minimum atomic E-state index is -1.01. The number of hydrogen-bond acceptors (Lipinski definition) is 6. The zero-order valence-electron chi connectivity index (χ0n) is 16.5. The molecule has 3 fully saturated rings. The molecule has 0 saturated carbocycles. The molecule has 4 rings (SSSR count). The van der Waals surface area contributed by atoms with Gasteiger partial charge in [-0.25, -0.2) is 9.07 Å². The zero-order valence-corrected chi connectivity index (χ0v) is 16.5.